The van der Waals surface area contributed by atoms with E-state index in [2.05, 4.69) is 10.3 Å². The zero-order valence-electron chi connectivity index (χ0n) is 16.1. The molecule has 0 unspecified atom stereocenters. The van der Waals surface area contributed by atoms with E-state index in [0.717, 1.165) is 22.2 Å². The van der Waals surface area contributed by atoms with Crippen molar-refractivity contribution >= 4 is 34.5 Å². The van der Waals surface area contributed by atoms with E-state index in [4.69, 9.17) is 4.42 Å². The van der Waals surface area contributed by atoms with E-state index in [0.29, 0.717) is 16.8 Å². The molecule has 5 nitrogen and oxygen atoms in total. The molecule has 0 spiro atoms. The second-order valence-electron chi connectivity index (χ2n) is 6.87. The van der Waals surface area contributed by atoms with Crippen LogP contribution in [0.3, 0.4) is 0 Å². The molecule has 1 aromatic heterocycles. The summed E-state index contributed by atoms with van der Waals surface area (Å²) in [4.78, 5) is 17.0. The SMILES string of the molecule is Cc1cc(N=Cc2cccc(C)c2O)ccc1NC(=O)c1cc2ccccc2o1. The van der Waals surface area contributed by atoms with Crippen molar-refractivity contribution in [2.24, 2.45) is 4.99 Å². The van der Waals surface area contributed by atoms with Crippen molar-refractivity contribution in [2.45, 2.75) is 13.8 Å². The molecule has 0 fully saturated rings. The van der Waals surface area contributed by atoms with Crippen LogP contribution in [0.1, 0.15) is 27.2 Å². The van der Waals surface area contributed by atoms with E-state index in [-0.39, 0.29) is 17.4 Å². The van der Waals surface area contributed by atoms with Crippen molar-refractivity contribution in [1.29, 1.82) is 0 Å². The highest BCUT2D eigenvalue weighted by Gasteiger charge is 2.13. The second kappa shape index (κ2) is 7.64. The first-order chi connectivity index (χ1) is 14.0. The number of carbonyl (C=O) groups excluding carboxylic acids is 1. The van der Waals surface area contributed by atoms with Crippen molar-refractivity contribution in [3.8, 4) is 5.75 Å². The minimum atomic E-state index is -0.301. The molecule has 0 saturated heterocycles. The number of benzene rings is 3. The number of carbonyl (C=O) groups is 1. The number of phenolic OH excluding ortho intramolecular Hbond substituents is 1. The molecule has 4 aromatic rings. The summed E-state index contributed by atoms with van der Waals surface area (Å²) in [7, 11) is 0. The Hall–Kier alpha value is -3.86. The van der Waals surface area contributed by atoms with Crippen LogP contribution in [0, 0.1) is 13.8 Å². The summed E-state index contributed by atoms with van der Waals surface area (Å²) in [5.41, 5.74) is 4.42. The van der Waals surface area contributed by atoms with Gasteiger partial charge in [-0.15, -0.1) is 0 Å². The molecule has 5 heteroatoms. The van der Waals surface area contributed by atoms with Crippen LogP contribution in [0.25, 0.3) is 11.0 Å². The van der Waals surface area contributed by atoms with E-state index in [1.807, 2.05) is 62.4 Å². The number of hydrogen-bond acceptors (Lipinski definition) is 4. The summed E-state index contributed by atoms with van der Waals surface area (Å²) in [6.45, 7) is 3.74. The largest absolute Gasteiger partial charge is 0.507 e. The Labute approximate surface area is 168 Å². The number of aryl methyl sites for hydroxylation is 2. The Morgan fingerprint density at radius 3 is 2.62 bits per heavy atom. The molecule has 0 aliphatic heterocycles. The highest BCUT2D eigenvalue weighted by molar-refractivity contribution is 6.05. The molecule has 1 amide bonds. The van der Waals surface area contributed by atoms with E-state index in [1.165, 1.54) is 0 Å². The molecule has 0 radical (unpaired) electrons. The molecule has 0 aliphatic carbocycles. The predicted octanol–water partition coefficient (Wildman–Crippen LogP) is 5.76. The number of aliphatic imine (C=N–C) groups is 1. The molecule has 144 valence electrons. The van der Waals surface area contributed by atoms with Gasteiger partial charge in [-0.25, -0.2) is 0 Å². The smallest absolute Gasteiger partial charge is 0.291 e. The van der Waals surface area contributed by atoms with Gasteiger partial charge in [-0.2, -0.15) is 0 Å². The lowest BCUT2D eigenvalue weighted by atomic mass is 10.1. The number of fused-ring (bicyclic) bond motifs is 1. The number of phenols is 1. The summed E-state index contributed by atoms with van der Waals surface area (Å²) in [5, 5.41) is 13.9. The second-order valence-corrected chi connectivity index (χ2v) is 6.87. The van der Waals surface area contributed by atoms with Gasteiger partial charge < -0.3 is 14.8 Å². The fraction of sp³-hybridized carbons (Fsp3) is 0.0833. The normalized spacial score (nSPS) is 11.2. The molecule has 0 bridgehead atoms. The summed E-state index contributed by atoms with van der Waals surface area (Å²) in [5.74, 6) is 0.190. The molecular weight excluding hydrogens is 364 g/mol. The van der Waals surface area contributed by atoms with Gasteiger partial charge in [-0.3, -0.25) is 9.79 Å². The van der Waals surface area contributed by atoms with Gasteiger partial charge in [-0.1, -0.05) is 30.3 Å². The van der Waals surface area contributed by atoms with Crippen molar-refractivity contribution in [3.63, 3.8) is 0 Å². The zero-order valence-corrected chi connectivity index (χ0v) is 16.1. The van der Waals surface area contributed by atoms with Crippen LogP contribution < -0.4 is 5.32 Å². The van der Waals surface area contributed by atoms with E-state index >= 15 is 0 Å². The molecule has 2 N–H and O–H groups in total. The molecule has 1 heterocycles. The minimum absolute atomic E-state index is 0.225. The Bertz CT molecular complexity index is 1210. The van der Waals surface area contributed by atoms with E-state index in [9.17, 15) is 9.90 Å². The fourth-order valence-electron chi connectivity index (χ4n) is 3.08. The zero-order chi connectivity index (χ0) is 20.4. The van der Waals surface area contributed by atoms with Crippen LogP contribution in [0.4, 0.5) is 11.4 Å². The lowest BCUT2D eigenvalue weighted by Crippen LogP contribution is -2.11. The maximum absolute atomic E-state index is 12.5. The maximum atomic E-state index is 12.5. The number of hydrogen-bond donors (Lipinski definition) is 2. The third kappa shape index (κ3) is 3.89. The van der Waals surface area contributed by atoms with Gasteiger partial charge in [0.2, 0.25) is 0 Å². The monoisotopic (exact) mass is 384 g/mol. The number of para-hydroxylation sites is 2. The van der Waals surface area contributed by atoms with Crippen LogP contribution in [0.15, 0.2) is 76.1 Å². The molecule has 0 saturated carbocycles. The van der Waals surface area contributed by atoms with Gasteiger partial charge in [0.15, 0.2) is 5.76 Å². The first-order valence-electron chi connectivity index (χ1n) is 9.24. The molecular formula is C24H20N2O3. The number of rotatable bonds is 4. The number of anilines is 1. The van der Waals surface area contributed by atoms with E-state index in [1.54, 1.807) is 24.4 Å². The summed E-state index contributed by atoms with van der Waals surface area (Å²) >= 11 is 0. The number of nitrogens with one attached hydrogen (secondary N) is 1. The molecule has 0 aliphatic rings. The summed E-state index contributed by atoms with van der Waals surface area (Å²) in [6, 6.07) is 20.2. The quantitative estimate of drug-likeness (QED) is 0.439. The van der Waals surface area contributed by atoms with Gasteiger partial charge in [0, 0.05) is 22.9 Å². The Morgan fingerprint density at radius 2 is 1.83 bits per heavy atom. The number of nitrogens with zero attached hydrogens (tertiary/aromatic N) is 1. The third-order valence-electron chi connectivity index (χ3n) is 4.73. The topological polar surface area (TPSA) is 74.8 Å². The average molecular weight is 384 g/mol. The number of aromatic hydroxyl groups is 1. The van der Waals surface area contributed by atoms with Crippen molar-refractivity contribution in [1.82, 2.24) is 0 Å². The van der Waals surface area contributed by atoms with Crippen LogP contribution in [-0.4, -0.2) is 17.2 Å². The highest BCUT2D eigenvalue weighted by Crippen LogP contribution is 2.25. The van der Waals surface area contributed by atoms with Crippen LogP contribution in [0.5, 0.6) is 5.75 Å². The summed E-state index contributed by atoms with van der Waals surface area (Å²) in [6.07, 6.45) is 1.63. The van der Waals surface area contributed by atoms with Crippen molar-refractivity contribution < 1.29 is 14.3 Å². The molecule has 29 heavy (non-hydrogen) atoms. The van der Waals surface area contributed by atoms with Crippen molar-refractivity contribution in [2.75, 3.05) is 5.32 Å². The Morgan fingerprint density at radius 1 is 1.00 bits per heavy atom. The van der Waals surface area contributed by atoms with Crippen LogP contribution >= 0.6 is 0 Å². The summed E-state index contributed by atoms with van der Waals surface area (Å²) < 4.78 is 5.61. The predicted molar refractivity (Wildman–Crippen MR) is 115 cm³/mol. The average Bonchev–Trinajstić information content (AvgIpc) is 3.15. The lowest BCUT2D eigenvalue weighted by Gasteiger charge is -2.08. The standard InChI is InChI=1S/C24H20N2O3/c1-15-6-5-8-18(23(15)27)14-25-19-10-11-20(16(2)12-19)26-24(28)22-13-17-7-3-4-9-21(17)29-22/h3-14,27H,1-2H3,(H,26,28). The molecule has 0 atom stereocenters. The molecule has 3 aromatic carbocycles. The van der Waals surface area contributed by atoms with E-state index < -0.39 is 0 Å². The Balaban J connectivity index is 1.51. The first kappa shape index (κ1) is 18.5. The van der Waals surface area contributed by atoms with Gasteiger partial charge in [-0.05, 0) is 61.4 Å². The fourth-order valence-corrected chi connectivity index (χ4v) is 3.08. The van der Waals surface area contributed by atoms with Gasteiger partial charge in [0.05, 0.1) is 5.69 Å². The lowest BCUT2D eigenvalue weighted by molar-refractivity contribution is 0.0998. The van der Waals surface area contributed by atoms with Crippen LogP contribution in [0.2, 0.25) is 0 Å². The number of furan rings is 1. The molecule has 4 rings (SSSR count). The van der Waals surface area contributed by atoms with Crippen LogP contribution in [-0.2, 0) is 0 Å². The van der Waals surface area contributed by atoms with Crippen molar-refractivity contribution in [3.05, 3.63) is 89.2 Å². The minimum Gasteiger partial charge on any atom is -0.507 e. The highest BCUT2D eigenvalue weighted by atomic mass is 16.3. The van der Waals surface area contributed by atoms with Gasteiger partial charge in [0.25, 0.3) is 5.91 Å². The van der Waals surface area contributed by atoms with Gasteiger partial charge in [0.1, 0.15) is 11.3 Å². The first-order valence-corrected chi connectivity index (χ1v) is 9.24. The van der Waals surface area contributed by atoms with Gasteiger partial charge >= 0.3 is 0 Å². The third-order valence-corrected chi connectivity index (χ3v) is 4.73. The number of amides is 1. The Kier molecular flexibility index (Phi) is 4.87. The maximum Gasteiger partial charge on any atom is 0.291 e.